The molecule has 5 rings (SSSR count). The molecule has 1 aliphatic heterocycles. The molecule has 0 aliphatic carbocycles. The molecule has 4 aromatic rings. The third-order valence-electron chi connectivity index (χ3n) is 5.80. The van der Waals surface area contributed by atoms with Crippen molar-refractivity contribution in [2.75, 3.05) is 20.5 Å². The van der Waals surface area contributed by atoms with Crippen LogP contribution in [0.15, 0.2) is 77.3 Å². The zero-order valence-electron chi connectivity index (χ0n) is 19.5. The molecular formula is C25H24N4O4S2. The number of nitrogens with zero attached hydrogens (tertiary/aromatic N) is 4. The minimum Gasteiger partial charge on any atom is -0.493 e. The second-order valence-corrected chi connectivity index (χ2v) is 10.8. The highest BCUT2D eigenvalue weighted by Gasteiger charge is 2.38. The van der Waals surface area contributed by atoms with Gasteiger partial charge in [-0.3, -0.25) is 0 Å². The number of hydrogen-bond acceptors (Lipinski definition) is 7. The standard InChI is InChI=1S/C25H24N4O4S2/c1-32-22-12-7-11-18(25(22)33-2)20-15-21(29(26-20)35(3,30)31)19-16-28(17-9-5-4-6-10-17)27-24(19)23-13-8-14-34-23/h4-14,16,21H,15H2,1-3H3/t21-/m0/s1. The van der Waals surface area contributed by atoms with E-state index in [-0.39, 0.29) is 0 Å². The summed E-state index contributed by atoms with van der Waals surface area (Å²) in [5, 5.41) is 11.4. The molecule has 0 bridgehead atoms. The fraction of sp³-hybridized carbons (Fsp3) is 0.200. The summed E-state index contributed by atoms with van der Waals surface area (Å²) in [7, 11) is -0.555. The van der Waals surface area contributed by atoms with Gasteiger partial charge in [0.05, 0.1) is 42.8 Å². The average Bonchev–Trinajstić information content (AvgIpc) is 3.62. The number of methoxy groups -OCH3 is 2. The van der Waals surface area contributed by atoms with Crippen molar-refractivity contribution in [1.29, 1.82) is 0 Å². The molecule has 1 aliphatic rings. The Kier molecular flexibility index (Phi) is 6.08. The topological polar surface area (TPSA) is 86.0 Å². The lowest BCUT2D eigenvalue weighted by atomic mass is 9.98. The number of thiophene rings is 1. The van der Waals surface area contributed by atoms with E-state index in [1.54, 1.807) is 36.3 Å². The predicted molar refractivity (Wildman–Crippen MR) is 137 cm³/mol. The maximum absolute atomic E-state index is 12.9. The maximum Gasteiger partial charge on any atom is 0.247 e. The van der Waals surface area contributed by atoms with E-state index in [1.807, 2.05) is 66.2 Å². The van der Waals surface area contributed by atoms with E-state index >= 15 is 0 Å². The quantitative estimate of drug-likeness (QED) is 0.360. The molecule has 180 valence electrons. The summed E-state index contributed by atoms with van der Waals surface area (Å²) < 4.78 is 39.8. The zero-order valence-corrected chi connectivity index (χ0v) is 21.1. The molecular weight excluding hydrogens is 484 g/mol. The lowest BCUT2D eigenvalue weighted by Crippen LogP contribution is -2.26. The Labute approximate surface area is 208 Å². The number of benzene rings is 2. The van der Waals surface area contributed by atoms with Crippen molar-refractivity contribution in [1.82, 2.24) is 14.2 Å². The molecule has 0 spiro atoms. The van der Waals surface area contributed by atoms with E-state index in [0.717, 1.165) is 21.8 Å². The van der Waals surface area contributed by atoms with E-state index in [1.165, 1.54) is 10.7 Å². The SMILES string of the molecule is COc1cccc(C2=NN(S(C)(=O)=O)[C@H](c3cn(-c4ccccc4)nc3-c3cccs3)C2)c1OC. The Morgan fingerprint density at radius 1 is 1.00 bits per heavy atom. The Morgan fingerprint density at radius 3 is 2.46 bits per heavy atom. The molecule has 3 heterocycles. The van der Waals surface area contributed by atoms with Crippen LogP contribution in [0, 0.1) is 0 Å². The molecule has 10 heteroatoms. The van der Waals surface area contributed by atoms with Crippen molar-refractivity contribution < 1.29 is 17.9 Å². The van der Waals surface area contributed by atoms with Crippen LogP contribution in [-0.4, -0.2) is 48.8 Å². The van der Waals surface area contributed by atoms with E-state index in [9.17, 15) is 8.42 Å². The van der Waals surface area contributed by atoms with Crippen LogP contribution in [0.25, 0.3) is 16.3 Å². The maximum atomic E-state index is 12.9. The monoisotopic (exact) mass is 508 g/mol. The highest BCUT2D eigenvalue weighted by atomic mass is 32.2. The highest BCUT2D eigenvalue weighted by Crippen LogP contribution is 2.42. The number of ether oxygens (including phenoxy) is 2. The van der Waals surface area contributed by atoms with Gasteiger partial charge in [0.25, 0.3) is 0 Å². The summed E-state index contributed by atoms with van der Waals surface area (Å²) in [5.74, 6) is 1.07. The summed E-state index contributed by atoms with van der Waals surface area (Å²) in [6.07, 6.45) is 3.42. The highest BCUT2D eigenvalue weighted by molar-refractivity contribution is 7.88. The van der Waals surface area contributed by atoms with E-state index in [4.69, 9.17) is 14.6 Å². The van der Waals surface area contributed by atoms with Gasteiger partial charge in [-0.25, -0.2) is 13.1 Å². The van der Waals surface area contributed by atoms with Gasteiger partial charge in [0.15, 0.2) is 11.5 Å². The van der Waals surface area contributed by atoms with Gasteiger partial charge < -0.3 is 9.47 Å². The molecule has 2 aromatic heterocycles. The molecule has 0 fully saturated rings. The Balaban J connectivity index is 1.64. The molecule has 1 atom stereocenters. The molecule has 0 amide bonds. The minimum atomic E-state index is -3.68. The van der Waals surface area contributed by atoms with E-state index < -0.39 is 16.1 Å². The van der Waals surface area contributed by atoms with Gasteiger partial charge in [-0.15, -0.1) is 11.3 Å². The van der Waals surface area contributed by atoms with Crippen LogP contribution in [0.5, 0.6) is 11.5 Å². The summed E-state index contributed by atoms with van der Waals surface area (Å²) in [6.45, 7) is 0. The molecule has 0 N–H and O–H groups in total. The second-order valence-electron chi connectivity index (χ2n) is 8.03. The summed E-state index contributed by atoms with van der Waals surface area (Å²) >= 11 is 1.56. The van der Waals surface area contributed by atoms with Crippen molar-refractivity contribution in [3.05, 3.63) is 83.4 Å². The van der Waals surface area contributed by atoms with Crippen molar-refractivity contribution in [3.63, 3.8) is 0 Å². The molecule has 2 aromatic carbocycles. The molecule has 0 unspecified atom stereocenters. The third-order valence-corrected chi connectivity index (χ3v) is 7.70. The van der Waals surface area contributed by atoms with Gasteiger partial charge in [0.2, 0.25) is 10.0 Å². The van der Waals surface area contributed by atoms with Crippen molar-refractivity contribution >= 4 is 27.1 Å². The van der Waals surface area contributed by atoms with E-state index in [2.05, 4.69) is 5.10 Å². The van der Waals surface area contributed by atoms with Crippen LogP contribution in [0.1, 0.15) is 23.6 Å². The van der Waals surface area contributed by atoms with Gasteiger partial charge in [-0.05, 0) is 35.7 Å². The number of rotatable bonds is 7. The predicted octanol–water partition coefficient (Wildman–Crippen LogP) is 4.73. The van der Waals surface area contributed by atoms with Crippen LogP contribution in [0.3, 0.4) is 0 Å². The average molecular weight is 509 g/mol. The largest absolute Gasteiger partial charge is 0.493 e. The Bertz CT molecular complexity index is 1480. The lowest BCUT2D eigenvalue weighted by molar-refractivity contribution is 0.354. The number of aromatic nitrogens is 2. The summed E-state index contributed by atoms with van der Waals surface area (Å²) in [5.41, 5.74) is 3.69. The molecule has 8 nitrogen and oxygen atoms in total. The van der Waals surface area contributed by atoms with Gasteiger partial charge in [-0.1, -0.05) is 30.3 Å². The minimum absolute atomic E-state index is 0.357. The summed E-state index contributed by atoms with van der Waals surface area (Å²) in [4.78, 5) is 0.954. The van der Waals surface area contributed by atoms with Gasteiger partial charge in [0.1, 0.15) is 5.69 Å². The smallest absolute Gasteiger partial charge is 0.247 e. The molecule has 0 radical (unpaired) electrons. The first-order chi connectivity index (χ1) is 16.9. The first-order valence-electron chi connectivity index (χ1n) is 10.9. The Morgan fingerprint density at radius 2 is 1.80 bits per heavy atom. The summed E-state index contributed by atoms with van der Waals surface area (Å²) in [6, 6.07) is 18.6. The number of hydrogen-bond donors (Lipinski definition) is 0. The fourth-order valence-electron chi connectivity index (χ4n) is 4.25. The molecule has 0 saturated heterocycles. The first-order valence-corrected chi connectivity index (χ1v) is 13.6. The van der Waals surface area contributed by atoms with Crippen molar-refractivity contribution in [3.8, 4) is 27.8 Å². The van der Waals surface area contributed by atoms with Crippen molar-refractivity contribution in [2.24, 2.45) is 5.10 Å². The van der Waals surface area contributed by atoms with Gasteiger partial charge >= 0.3 is 0 Å². The first kappa shape index (κ1) is 23.1. The third kappa shape index (κ3) is 4.30. The van der Waals surface area contributed by atoms with E-state index in [0.29, 0.717) is 29.2 Å². The normalized spacial score (nSPS) is 15.8. The Hall–Kier alpha value is -3.63. The molecule has 0 saturated carbocycles. The van der Waals surface area contributed by atoms with Crippen LogP contribution in [0.4, 0.5) is 0 Å². The van der Waals surface area contributed by atoms with Crippen LogP contribution >= 0.6 is 11.3 Å². The molecule has 35 heavy (non-hydrogen) atoms. The second kappa shape index (κ2) is 9.20. The number of sulfonamides is 1. The van der Waals surface area contributed by atoms with Crippen molar-refractivity contribution in [2.45, 2.75) is 12.5 Å². The van der Waals surface area contributed by atoms with Gasteiger partial charge in [0, 0.05) is 23.7 Å². The zero-order chi connectivity index (χ0) is 24.6. The van der Waals surface area contributed by atoms with Crippen LogP contribution in [0.2, 0.25) is 0 Å². The number of hydrazone groups is 1. The number of para-hydroxylation sites is 2. The lowest BCUT2D eigenvalue weighted by Gasteiger charge is -2.20. The fourth-order valence-corrected chi connectivity index (χ4v) is 5.88. The van der Waals surface area contributed by atoms with Crippen LogP contribution in [-0.2, 0) is 10.0 Å². The van der Waals surface area contributed by atoms with Gasteiger partial charge in [-0.2, -0.15) is 14.6 Å². The van der Waals surface area contributed by atoms with Crippen LogP contribution < -0.4 is 9.47 Å².